The predicted molar refractivity (Wildman–Crippen MR) is 53.8 cm³/mol. The van der Waals surface area contributed by atoms with Crippen LogP contribution in [-0.4, -0.2) is 26.9 Å². The molecular formula is C9H8FNO4S. The molecule has 86 valence electrons. The van der Waals surface area contributed by atoms with E-state index in [0.29, 0.717) is 0 Å². The molecule has 1 aromatic carbocycles. The average Bonchev–Trinajstić information content (AvgIpc) is 2.16. The Hall–Kier alpha value is -1.76. The Morgan fingerprint density at radius 3 is 2.56 bits per heavy atom. The van der Waals surface area contributed by atoms with Gasteiger partial charge in [-0.15, -0.1) is 0 Å². The fraction of sp³-hybridized carbons (Fsp3) is 0.111. The van der Waals surface area contributed by atoms with Crippen molar-refractivity contribution in [3.63, 3.8) is 0 Å². The summed E-state index contributed by atoms with van der Waals surface area (Å²) in [6, 6.07) is 2.97. The lowest BCUT2D eigenvalue weighted by atomic mass is 10.2. The van der Waals surface area contributed by atoms with Gasteiger partial charge in [0.15, 0.2) is 0 Å². The van der Waals surface area contributed by atoms with Gasteiger partial charge in [-0.25, -0.2) is 9.18 Å². The molecule has 5 nitrogen and oxygen atoms in total. The number of carboxylic acids is 1. The third-order valence-corrected chi connectivity index (χ3v) is 3.03. The number of carbonyl (C=O) groups excluding carboxylic acids is 1. The highest BCUT2D eigenvalue weighted by molar-refractivity contribution is 7.85. The number of nitrogens with two attached hydrogens (primary N) is 1. The van der Waals surface area contributed by atoms with E-state index in [1.54, 1.807) is 0 Å². The molecule has 0 saturated carbocycles. The number of hydrogen-bond acceptors (Lipinski definition) is 3. The van der Waals surface area contributed by atoms with E-state index < -0.39 is 39.8 Å². The first-order valence-corrected chi connectivity index (χ1v) is 5.43. The molecule has 16 heavy (non-hydrogen) atoms. The number of aromatic carboxylic acids is 1. The molecule has 0 fully saturated rings. The van der Waals surface area contributed by atoms with Crippen molar-refractivity contribution in [2.45, 2.75) is 4.90 Å². The second-order valence-electron chi connectivity index (χ2n) is 2.90. The number of hydrogen-bond donors (Lipinski definition) is 2. The molecule has 0 radical (unpaired) electrons. The lowest BCUT2D eigenvalue weighted by Crippen LogP contribution is -2.19. The molecule has 1 unspecified atom stereocenters. The SMILES string of the molecule is NC(=O)CS(=O)c1ccc(F)c(C(=O)O)c1. The summed E-state index contributed by atoms with van der Waals surface area (Å²) in [6.07, 6.45) is 0. The van der Waals surface area contributed by atoms with Crippen LogP contribution in [0.4, 0.5) is 4.39 Å². The molecule has 1 atom stereocenters. The molecule has 3 N–H and O–H groups in total. The molecule has 1 amide bonds. The summed E-state index contributed by atoms with van der Waals surface area (Å²) in [4.78, 5) is 21.1. The van der Waals surface area contributed by atoms with Crippen molar-refractivity contribution in [3.05, 3.63) is 29.6 Å². The minimum atomic E-state index is -1.75. The van der Waals surface area contributed by atoms with Crippen LogP contribution in [-0.2, 0) is 15.6 Å². The molecule has 1 rings (SSSR count). The van der Waals surface area contributed by atoms with Gasteiger partial charge >= 0.3 is 5.97 Å². The van der Waals surface area contributed by atoms with Gasteiger partial charge in [0.1, 0.15) is 11.6 Å². The molecular weight excluding hydrogens is 237 g/mol. The van der Waals surface area contributed by atoms with Crippen LogP contribution in [0.25, 0.3) is 0 Å². The summed E-state index contributed by atoms with van der Waals surface area (Å²) in [7, 11) is -1.75. The summed E-state index contributed by atoms with van der Waals surface area (Å²) in [5.74, 6) is -3.59. The zero-order valence-electron chi connectivity index (χ0n) is 7.97. The largest absolute Gasteiger partial charge is 0.478 e. The van der Waals surface area contributed by atoms with Crippen LogP contribution in [0.15, 0.2) is 23.1 Å². The normalized spacial score (nSPS) is 12.1. The minimum Gasteiger partial charge on any atom is -0.478 e. The van der Waals surface area contributed by atoms with E-state index in [1.807, 2.05) is 0 Å². The zero-order valence-corrected chi connectivity index (χ0v) is 8.79. The number of carboxylic acid groups (broad SMARTS) is 1. The molecule has 0 aliphatic heterocycles. The number of benzene rings is 1. The summed E-state index contributed by atoms with van der Waals surface area (Å²) < 4.78 is 24.4. The quantitative estimate of drug-likeness (QED) is 0.787. The van der Waals surface area contributed by atoms with Crippen molar-refractivity contribution >= 4 is 22.7 Å². The molecule has 1 aromatic rings. The number of carbonyl (C=O) groups is 2. The van der Waals surface area contributed by atoms with Gasteiger partial charge in [0, 0.05) is 4.90 Å². The Morgan fingerprint density at radius 2 is 2.06 bits per heavy atom. The molecule has 0 heterocycles. The van der Waals surface area contributed by atoms with Crippen LogP contribution in [0.2, 0.25) is 0 Å². The van der Waals surface area contributed by atoms with Crippen molar-refractivity contribution in [3.8, 4) is 0 Å². The van der Waals surface area contributed by atoms with Gasteiger partial charge in [0.05, 0.1) is 16.4 Å². The lowest BCUT2D eigenvalue weighted by Gasteiger charge is -2.02. The first-order chi connectivity index (χ1) is 7.41. The van der Waals surface area contributed by atoms with Crippen LogP contribution in [0, 0.1) is 5.82 Å². The van der Waals surface area contributed by atoms with E-state index in [1.165, 1.54) is 0 Å². The zero-order chi connectivity index (χ0) is 12.3. The Morgan fingerprint density at radius 1 is 1.44 bits per heavy atom. The summed E-state index contributed by atoms with van der Waals surface area (Å²) >= 11 is 0. The Bertz CT molecular complexity index is 475. The minimum absolute atomic E-state index is 0.0533. The second-order valence-corrected chi connectivity index (χ2v) is 4.35. The summed E-state index contributed by atoms with van der Waals surface area (Å²) in [6.45, 7) is 0. The first kappa shape index (κ1) is 12.3. The fourth-order valence-electron chi connectivity index (χ4n) is 1.02. The van der Waals surface area contributed by atoms with Crippen LogP contribution >= 0.6 is 0 Å². The summed E-state index contributed by atoms with van der Waals surface area (Å²) in [5.41, 5.74) is 4.25. The molecule has 0 spiro atoms. The highest BCUT2D eigenvalue weighted by Crippen LogP contribution is 2.14. The van der Waals surface area contributed by atoms with Crippen molar-refractivity contribution in [2.24, 2.45) is 5.73 Å². The second kappa shape index (κ2) is 4.84. The maximum atomic E-state index is 13.0. The van der Waals surface area contributed by atoms with Gasteiger partial charge < -0.3 is 10.8 Å². The molecule has 0 aliphatic rings. The third-order valence-electron chi connectivity index (χ3n) is 1.70. The summed E-state index contributed by atoms with van der Waals surface area (Å²) in [5, 5.41) is 8.62. The van der Waals surface area contributed by atoms with Crippen LogP contribution < -0.4 is 5.73 Å². The van der Waals surface area contributed by atoms with E-state index in [9.17, 15) is 18.2 Å². The van der Waals surface area contributed by atoms with E-state index in [0.717, 1.165) is 18.2 Å². The highest BCUT2D eigenvalue weighted by atomic mass is 32.2. The van der Waals surface area contributed by atoms with Crippen molar-refractivity contribution in [1.29, 1.82) is 0 Å². The average molecular weight is 245 g/mol. The van der Waals surface area contributed by atoms with Crippen molar-refractivity contribution in [2.75, 3.05) is 5.75 Å². The van der Waals surface area contributed by atoms with Gasteiger partial charge in [0.25, 0.3) is 0 Å². The molecule has 0 bridgehead atoms. The van der Waals surface area contributed by atoms with E-state index in [-0.39, 0.29) is 4.90 Å². The number of amides is 1. The van der Waals surface area contributed by atoms with E-state index in [4.69, 9.17) is 10.8 Å². The topological polar surface area (TPSA) is 97.5 Å². The van der Waals surface area contributed by atoms with Gasteiger partial charge in [-0.2, -0.15) is 0 Å². The van der Waals surface area contributed by atoms with Crippen LogP contribution in [0.5, 0.6) is 0 Å². The van der Waals surface area contributed by atoms with Crippen molar-refractivity contribution in [1.82, 2.24) is 0 Å². The number of halogens is 1. The van der Waals surface area contributed by atoms with Gasteiger partial charge in [-0.1, -0.05) is 0 Å². The number of rotatable bonds is 4. The standard InChI is InChI=1S/C9H8FNO4S/c10-7-2-1-5(3-6(7)9(13)14)16(15)4-8(11)12/h1-3H,4H2,(H2,11,12)(H,13,14). The van der Waals surface area contributed by atoms with Gasteiger partial charge in [-0.3, -0.25) is 9.00 Å². The van der Waals surface area contributed by atoms with E-state index in [2.05, 4.69) is 0 Å². The molecule has 0 aromatic heterocycles. The maximum absolute atomic E-state index is 13.0. The molecule has 0 saturated heterocycles. The fourth-order valence-corrected chi connectivity index (χ4v) is 1.92. The van der Waals surface area contributed by atoms with E-state index >= 15 is 0 Å². The van der Waals surface area contributed by atoms with Crippen molar-refractivity contribution < 1.29 is 23.3 Å². The first-order valence-electron chi connectivity index (χ1n) is 4.11. The Labute approximate surface area is 92.5 Å². The third kappa shape index (κ3) is 2.86. The molecule has 7 heteroatoms. The van der Waals surface area contributed by atoms with Crippen LogP contribution in [0.3, 0.4) is 0 Å². The number of primary amides is 1. The highest BCUT2D eigenvalue weighted by Gasteiger charge is 2.14. The maximum Gasteiger partial charge on any atom is 0.338 e. The monoisotopic (exact) mass is 245 g/mol. The Kier molecular flexibility index (Phi) is 3.73. The smallest absolute Gasteiger partial charge is 0.338 e. The van der Waals surface area contributed by atoms with Gasteiger partial charge in [-0.05, 0) is 18.2 Å². The Balaban J connectivity index is 3.08. The lowest BCUT2D eigenvalue weighted by molar-refractivity contribution is -0.115. The van der Waals surface area contributed by atoms with Gasteiger partial charge in [0.2, 0.25) is 5.91 Å². The van der Waals surface area contributed by atoms with Crippen LogP contribution in [0.1, 0.15) is 10.4 Å². The predicted octanol–water partition coefficient (Wildman–Crippen LogP) is 0.117. The molecule has 0 aliphatic carbocycles.